The summed E-state index contributed by atoms with van der Waals surface area (Å²) in [6, 6.07) is 0. The summed E-state index contributed by atoms with van der Waals surface area (Å²) in [4.78, 5) is 37.4. The molecule has 0 fully saturated rings. The quantitative estimate of drug-likeness (QED) is 0.486. The van der Waals surface area contributed by atoms with Gasteiger partial charge in [0.2, 0.25) is 5.91 Å². The number of methoxy groups -OCH3 is 1. The highest BCUT2D eigenvalue weighted by Gasteiger charge is 2.39. The van der Waals surface area contributed by atoms with Crippen molar-refractivity contribution in [3.05, 3.63) is 33.0 Å². The molecule has 1 amide bonds. The number of alkyl halides is 3. The Kier molecular flexibility index (Phi) is 7.45. The van der Waals surface area contributed by atoms with E-state index in [9.17, 15) is 27.6 Å². The Labute approximate surface area is 192 Å². The van der Waals surface area contributed by atoms with Gasteiger partial charge in [0.1, 0.15) is 16.4 Å². The molecule has 180 valence electrons. The van der Waals surface area contributed by atoms with Crippen LogP contribution in [0.5, 0.6) is 0 Å². The first-order valence-electron chi connectivity index (χ1n) is 10.4. The second-order valence-corrected chi connectivity index (χ2v) is 8.53. The van der Waals surface area contributed by atoms with E-state index >= 15 is 0 Å². The molecular weight excluding hydrogens is 463 g/mol. The molecule has 2 aromatic heterocycles. The van der Waals surface area contributed by atoms with Crippen LogP contribution in [0.25, 0.3) is 0 Å². The molecule has 8 nitrogen and oxygen atoms in total. The normalized spacial score (nSPS) is 13.8. The van der Waals surface area contributed by atoms with Crippen LogP contribution in [0.15, 0.2) is 0 Å². The van der Waals surface area contributed by atoms with E-state index in [-0.39, 0.29) is 39.6 Å². The van der Waals surface area contributed by atoms with Crippen LogP contribution in [0.3, 0.4) is 0 Å². The predicted octanol–water partition coefficient (Wildman–Crippen LogP) is 4.14. The highest BCUT2D eigenvalue weighted by molar-refractivity contribution is 7.18. The van der Waals surface area contributed by atoms with E-state index in [4.69, 9.17) is 9.47 Å². The van der Waals surface area contributed by atoms with Gasteiger partial charge in [-0.05, 0) is 45.1 Å². The van der Waals surface area contributed by atoms with Crippen LogP contribution in [-0.2, 0) is 39.8 Å². The zero-order valence-electron chi connectivity index (χ0n) is 18.4. The molecule has 0 atom stereocenters. The maximum Gasteiger partial charge on any atom is 0.435 e. The molecule has 1 N–H and O–H groups in total. The molecule has 33 heavy (non-hydrogen) atoms. The lowest BCUT2D eigenvalue weighted by Gasteiger charge is -2.09. The molecule has 2 aromatic rings. The molecule has 3 rings (SSSR count). The number of esters is 2. The molecule has 1 aliphatic carbocycles. The number of halogens is 3. The lowest BCUT2D eigenvalue weighted by atomic mass is 10.1. The number of hydrogen-bond donors (Lipinski definition) is 1. The van der Waals surface area contributed by atoms with Crippen LogP contribution >= 0.6 is 11.3 Å². The Hall–Kier alpha value is -2.89. The molecule has 0 bridgehead atoms. The summed E-state index contributed by atoms with van der Waals surface area (Å²) in [5, 5.41) is 6.29. The van der Waals surface area contributed by atoms with E-state index in [2.05, 4.69) is 10.4 Å². The van der Waals surface area contributed by atoms with Gasteiger partial charge in [0.25, 0.3) is 0 Å². The van der Waals surface area contributed by atoms with Gasteiger partial charge in [-0.2, -0.15) is 18.3 Å². The Balaban J connectivity index is 1.91. The van der Waals surface area contributed by atoms with Crippen molar-refractivity contribution in [2.45, 2.75) is 58.7 Å². The van der Waals surface area contributed by atoms with Gasteiger partial charge in [-0.3, -0.25) is 9.48 Å². The second kappa shape index (κ2) is 9.94. The van der Waals surface area contributed by atoms with E-state index in [0.717, 1.165) is 29.5 Å². The number of aromatic nitrogens is 2. The molecule has 0 aromatic carbocycles. The average molecular weight is 488 g/mol. The van der Waals surface area contributed by atoms with Crippen molar-refractivity contribution in [3.63, 3.8) is 0 Å². The van der Waals surface area contributed by atoms with E-state index in [1.54, 1.807) is 6.92 Å². The number of nitrogens with one attached hydrogen (secondary N) is 1. The van der Waals surface area contributed by atoms with Crippen LogP contribution in [0.4, 0.5) is 18.2 Å². The molecule has 0 saturated heterocycles. The molecule has 0 aliphatic heterocycles. The highest BCUT2D eigenvalue weighted by atomic mass is 32.1. The standard InChI is InChI=1S/C21H24F3N3O5S/c1-4-32-20(30)16-11(2)15(19(29)31-3)18(33-16)25-14(28)10-27-13-9-7-5-6-8-12(13)17(26-27)21(22,23)24/h4-10H2,1-3H3,(H,25,28). The highest BCUT2D eigenvalue weighted by Crippen LogP contribution is 2.36. The number of carbonyl (C=O) groups is 3. The van der Waals surface area contributed by atoms with Gasteiger partial charge in [-0.1, -0.05) is 6.42 Å². The average Bonchev–Trinajstić information content (AvgIpc) is 3.13. The van der Waals surface area contributed by atoms with Gasteiger partial charge >= 0.3 is 18.1 Å². The fourth-order valence-electron chi connectivity index (χ4n) is 3.85. The first kappa shape index (κ1) is 24.7. The van der Waals surface area contributed by atoms with Crippen molar-refractivity contribution in [3.8, 4) is 0 Å². The van der Waals surface area contributed by atoms with Crippen molar-refractivity contribution in [1.29, 1.82) is 0 Å². The van der Waals surface area contributed by atoms with Gasteiger partial charge in [-0.15, -0.1) is 11.3 Å². The molecule has 1 aliphatic rings. The number of amides is 1. The SMILES string of the molecule is CCOC(=O)c1sc(NC(=O)Cn2nc(C(F)(F)F)c3c2CCCCC3)c(C(=O)OC)c1C. The summed E-state index contributed by atoms with van der Waals surface area (Å²) in [6.45, 7) is 2.81. The Morgan fingerprint density at radius 3 is 2.48 bits per heavy atom. The van der Waals surface area contributed by atoms with Gasteiger partial charge in [0, 0.05) is 11.3 Å². The van der Waals surface area contributed by atoms with E-state index in [0.29, 0.717) is 25.0 Å². The zero-order chi connectivity index (χ0) is 24.3. The number of nitrogens with zero attached hydrogens (tertiary/aromatic N) is 2. The molecular formula is C21H24F3N3O5S. The molecule has 12 heteroatoms. The van der Waals surface area contributed by atoms with Gasteiger partial charge in [0.15, 0.2) is 5.69 Å². The Morgan fingerprint density at radius 2 is 1.85 bits per heavy atom. The summed E-state index contributed by atoms with van der Waals surface area (Å²) >= 11 is 0.841. The minimum atomic E-state index is -4.62. The molecule has 0 unspecified atom stereocenters. The molecule has 0 radical (unpaired) electrons. The number of hydrogen-bond acceptors (Lipinski definition) is 7. The number of rotatable bonds is 6. The third-order valence-electron chi connectivity index (χ3n) is 5.32. The third-order valence-corrected chi connectivity index (χ3v) is 6.51. The Morgan fingerprint density at radius 1 is 1.15 bits per heavy atom. The first-order valence-corrected chi connectivity index (χ1v) is 11.2. The van der Waals surface area contributed by atoms with Crippen LogP contribution in [-0.4, -0.2) is 41.3 Å². The summed E-state index contributed by atoms with van der Waals surface area (Å²) < 4.78 is 51.3. The maximum atomic E-state index is 13.5. The lowest BCUT2D eigenvalue weighted by Crippen LogP contribution is -2.22. The Bertz CT molecular complexity index is 1070. The number of fused-ring (bicyclic) bond motifs is 1. The van der Waals surface area contributed by atoms with Crippen LogP contribution in [0, 0.1) is 6.92 Å². The summed E-state index contributed by atoms with van der Waals surface area (Å²) in [5.41, 5.74) is -0.140. The van der Waals surface area contributed by atoms with Crippen molar-refractivity contribution < 1.29 is 37.0 Å². The monoisotopic (exact) mass is 487 g/mol. The summed E-state index contributed by atoms with van der Waals surface area (Å²) in [5.74, 6) is -2.10. The molecule has 0 spiro atoms. The van der Waals surface area contributed by atoms with Crippen LogP contribution < -0.4 is 5.32 Å². The third kappa shape index (κ3) is 5.21. The number of carbonyl (C=O) groups excluding carboxylic acids is 3. The molecule has 2 heterocycles. The topological polar surface area (TPSA) is 99.5 Å². The van der Waals surface area contributed by atoms with E-state index < -0.39 is 36.3 Å². The largest absolute Gasteiger partial charge is 0.465 e. The smallest absolute Gasteiger partial charge is 0.435 e. The van der Waals surface area contributed by atoms with Crippen molar-refractivity contribution in [1.82, 2.24) is 9.78 Å². The maximum absolute atomic E-state index is 13.5. The molecule has 0 saturated carbocycles. The minimum absolute atomic E-state index is 0.00539. The van der Waals surface area contributed by atoms with Crippen molar-refractivity contribution >= 4 is 34.2 Å². The summed E-state index contributed by atoms with van der Waals surface area (Å²) in [7, 11) is 1.16. The van der Waals surface area contributed by atoms with E-state index in [1.165, 1.54) is 6.92 Å². The van der Waals surface area contributed by atoms with Gasteiger partial charge in [-0.25, -0.2) is 9.59 Å². The second-order valence-electron chi connectivity index (χ2n) is 7.51. The number of anilines is 1. The fourth-order valence-corrected chi connectivity index (χ4v) is 4.95. The number of thiophene rings is 1. The number of ether oxygens (including phenoxy) is 2. The zero-order valence-corrected chi connectivity index (χ0v) is 19.2. The lowest BCUT2D eigenvalue weighted by molar-refractivity contribution is -0.142. The van der Waals surface area contributed by atoms with Crippen molar-refractivity contribution in [2.75, 3.05) is 19.0 Å². The first-order chi connectivity index (χ1) is 15.6. The van der Waals surface area contributed by atoms with E-state index in [1.807, 2.05) is 0 Å². The van der Waals surface area contributed by atoms with Crippen LogP contribution in [0.2, 0.25) is 0 Å². The minimum Gasteiger partial charge on any atom is -0.465 e. The van der Waals surface area contributed by atoms with Gasteiger partial charge < -0.3 is 14.8 Å². The van der Waals surface area contributed by atoms with Crippen molar-refractivity contribution in [2.24, 2.45) is 0 Å². The summed E-state index contributed by atoms with van der Waals surface area (Å²) in [6.07, 6.45) is -1.84. The fraction of sp³-hybridized carbons (Fsp3) is 0.524. The van der Waals surface area contributed by atoms with Gasteiger partial charge in [0.05, 0.1) is 19.3 Å². The van der Waals surface area contributed by atoms with Crippen LogP contribution in [0.1, 0.15) is 68.7 Å². The predicted molar refractivity (Wildman–Crippen MR) is 113 cm³/mol.